The fourth-order valence-electron chi connectivity index (χ4n) is 6.21. The molecule has 0 heterocycles. The van der Waals surface area contributed by atoms with Crippen LogP contribution in [0.5, 0.6) is 0 Å². The van der Waals surface area contributed by atoms with Gasteiger partial charge in [0.25, 0.3) is 10.0 Å². The van der Waals surface area contributed by atoms with Crippen molar-refractivity contribution < 1.29 is 13.2 Å². The molecule has 4 bridgehead atoms. The number of hydrogen-bond acceptors (Lipinski definition) is 3. The zero-order valence-corrected chi connectivity index (χ0v) is 18.0. The Morgan fingerprint density at radius 2 is 1.33 bits per heavy atom. The maximum atomic E-state index is 13.2. The van der Waals surface area contributed by atoms with Crippen molar-refractivity contribution in [1.29, 1.82) is 0 Å². The van der Waals surface area contributed by atoms with Gasteiger partial charge in [-0.15, -0.1) is 0 Å². The van der Waals surface area contributed by atoms with Gasteiger partial charge in [-0.3, -0.25) is 9.52 Å². The summed E-state index contributed by atoms with van der Waals surface area (Å²) in [5.41, 5.74) is 2.01. The Kier molecular flexibility index (Phi) is 4.65. The minimum absolute atomic E-state index is 0.148. The lowest BCUT2D eigenvalue weighted by atomic mass is 9.49. The molecule has 6 heteroatoms. The summed E-state index contributed by atoms with van der Waals surface area (Å²) in [6.07, 6.45) is 7.00. The minimum atomic E-state index is -3.63. The third kappa shape index (κ3) is 3.62. The molecule has 0 aromatic heterocycles. The summed E-state index contributed by atoms with van der Waals surface area (Å²) in [4.78, 5) is 13.4. The molecule has 4 aliphatic carbocycles. The van der Waals surface area contributed by atoms with E-state index in [-0.39, 0.29) is 16.2 Å². The number of aryl methyl sites for hydroxylation is 1. The molecule has 6 rings (SSSR count). The van der Waals surface area contributed by atoms with Gasteiger partial charge in [-0.2, -0.15) is 0 Å². The van der Waals surface area contributed by atoms with Crippen LogP contribution in [0.2, 0.25) is 0 Å². The van der Waals surface area contributed by atoms with Crippen LogP contribution in [0.25, 0.3) is 0 Å². The van der Waals surface area contributed by atoms with Gasteiger partial charge in [-0.25, -0.2) is 8.42 Å². The van der Waals surface area contributed by atoms with Crippen molar-refractivity contribution in [2.75, 3.05) is 10.0 Å². The summed E-state index contributed by atoms with van der Waals surface area (Å²) in [7, 11) is -3.63. The molecule has 4 aliphatic rings. The highest BCUT2D eigenvalue weighted by molar-refractivity contribution is 7.92. The molecule has 2 aromatic rings. The smallest absolute Gasteiger partial charge is 0.261 e. The van der Waals surface area contributed by atoms with E-state index in [1.54, 1.807) is 48.5 Å². The van der Waals surface area contributed by atoms with Gasteiger partial charge in [0, 0.05) is 11.4 Å². The fourth-order valence-corrected chi connectivity index (χ4v) is 7.26. The molecule has 2 aromatic carbocycles. The SMILES string of the molecule is Cc1ccc(S(=O)(=O)Nc2ccc(NC(=O)C34CC5CC(CC(C5)C3)C4)cc2)cc1. The average molecular weight is 425 g/mol. The fraction of sp³-hybridized carbons (Fsp3) is 0.458. The number of benzene rings is 2. The second-order valence-corrected chi connectivity index (χ2v) is 11.3. The Labute approximate surface area is 178 Å². The second-order valence-electron chi connectivity index (χ2n) is 9.65. The Balaban J connectivity index is 1.26. The molecule has 5 nitrogen and oxygen atoms in total. The number of nitrogens with one attached hydrogen (secondary N) is 2. The van der Waals surface area contributed by atoms with Gasteiger partial charge in [-0.05, 0) is 99.6 Å². The first-order chi connectivity index (χ1) is 14.3. The lowest BCUT2D eigenvalue weighted by Crippen LogP contribution is -2.51. The van der Waals surface area contributed by atoms with Crippen LogP contribution >= 0.6 is 0 Å². The Morgan fingerprint density at radius 1 is 0.833 bits per heavy atom. The quantitative estimate of drug-likeness (QED) is 0.713. The highest BCUT2D eigenvalue weighted by atomic mass is 32.2. The van der Waals surface area contributed by atoms with Crippen molar-refractivity contribution in [3.05, 3.63) is 54.1 Å². The Bertz CT molecular complexity index is 1020. The predicted octanol–water partition coefficient (Wildman–Crippen LogP) is 4.95. The van der Waals surface area contributed by atoms with Crippen LogP contribution in [0.1, 0.15) is 44.1 Å². The van der Waals surface area contributed by atoms with Crippen molar-refractivity contribution in [2.24, 2.45) is 23.2 Å². The van der Waals surface area contributed by atoms with Gasteiger partial charge >= 0.3 is 0 Å². The van der Waals surface area contributed by atoms with E-state index in [4.69, 9.17) is 0 Å². The number of rotatable bonds is 5. The maximum absolute atomic E-state index is 13.2. The largest absolute Gasteiger partial charge is 0.326 e. The zero-order chi connectivity index (χ0) is 20.9. The van der Waals surface area contributed by atoms with Gasteiger partial charge in [0.2, 0.25) is 5.91 Å². The van der Waals surface area contributed by atoms with Crippen LogP contribution in [-0.2, 0) is 14.8 Å². The van der Waals surface area contributed by atoms with E-state index in [1.165, 1.54) is 19.3 Å². The second kappa shape index (κ2) is 7.12. The number of carbonyl (C=O) groups is 1. The number of hydrogen-bond donors (Lipinski definition) is 2. The van der Waals surface area contributed by atoms with Gasteiger partial charge in [0.05, 0.1) is 10.3 Å². The molecular formula is C24H28N2O3S. The highest BCUT2D eigenvalue weighted by Crippen LogP contribution is 2.60. The molecule has 4 fully saturated rings. The number of carbonyl (C=O) groups excluding carboxylic acids is 1. The van der Waals surface area contributed by atoms with Crippen molar-refractivity contribution in [3.8, 4) is 0 Å². The number of anilines is 2. The molecule has 4 saturated carbocycles. The van der Waals surface area contributed by atoms with E-state index >= 15 is 0 Å². The van der Waals surface area contributed by atoms with Gasteiger partial charge < -0.3 is 5.32 Å². The Hall–Kier alpha value is -2.34. The topological polar surface area (TPSA) is 75.3 Å². The number of sulfonamides is 1. The van der Waals surface area contributed by atoms with Gasteiger partial charge in [-0.1, -0.05) is 17.7 Å². The summed E-state index contributed by atoms with van der Waals surface area (Å²) in [5.74, 6) is 2.32. The lowest BCUT2D eigenvalue weighted by Gasteiger charge is -2.55. The molecule has 0 aliphatic heterocycles. The van der Waals surface area contributed by atoms with E-state index in [9.17, 15) is 13.2 Å². The molecule has 2 N–H and O–H groups in total. The third-order valence-electron chi connectivity index (χ3n) is 7.25. The van der Waals surface area contributed by atoms with Gasteiger partial charge in [0.15, 0.2) is 0 Å². The summed E-state index contributed by atoms with van der Waals surface area (Å²) in [6.45, 7) is 1.92. The molecule has 30 heavy (non-hydrogen) atoms. The molecule has 0 atom stereocenters. The minimum Gasteiger partial charge on any atom is -0.326 e. The molecule has 0 spiro atoms. The standard InChI is InChI=1S/C24H28N2O3S/c1-16-2-8-22(9-3-16)30(28,29)26-21-6-4-20(5-7-21)25-23(27)24-13-17-10-18(14-24)12-19(11-17)15-24/h2-9,17-19,26H,10-15H2,1H3,(H,25,27). The zero-order valence-electron chi connectivity index (χ0n) is 17.2. The summed E-state index contributed by atoms with van der Waals surface area (Å²) in [6, 6.07) is 13.7. The van der Waals surface area contributed by atoms with Gasteiger partial charge in [0.1, 0.15) is 0 Å². The molecule has 0 unspecified atom stereocenters. The summed E-state index contributed by atoms with van der Waals surface area (Å²) < 4.78 is 27.7. The molecular weight excluding hydrogens is 396 g/mol. The first-order valence-corrected chi connectivity index (χ1v) is 12.3. The Morgan fingerprint density at radius 3 is 1.87 bits per heavy atom. The maximum Gasteiger partial charge on any atom is 0.261 e. The van der Waals surface area contributed by atoms with E-state index < -0.39 is 10.0 Å². The highest BCUT2D eigenvalue weighted by Gasteiger charge is 2.54. The predicted molar refractivity (Wildman–Crippen MR) is 118 cm³/mol. The third-order valence-corrected chi connectivity index (χ3v) is 8.64. The van der Waals surface area contributed by atoms with Crippen molar-refractivity contribution >= 4 is 27.3 Å². The van der Waals surface area contributed by atoms with E-state index in [2.05, 4.69) is 10.0 Å². The first kappa shape index (κ1) is 19.6. The molecule has 0 radical (unpaired) electrons. The molecule has 1 amide bonds. The first-order valence-electron chi connectivity index (χ1n) is 10.8. The lowest BCUT2D eigenvalue weighted by molar-refractivity contribution is -0.140. The van der Waals surface area contributed by atoms with Crippen molar-refractivity contribution in [3.63, 3.8) is 0 Å². The van der Waals surface area contributed by atoms with Crippen molar-refractivity contribution in [2.45, 2.75) is 50.3 Å². The monoisotopic (exact) mass is 424 g/mol. The van der Waals surface area contributed by atoms with Crippen LogP contribution < -0.4 is 10.0 Å². The van der Waals surface area contributed by atoms with Crippen LogP contribution in [-0.4, -0.2) is 14.3 Å². The van der Waals surface area contributed by atoms with Crippen molar-refractivity contribution in [1.82, 2.24) is 0 Å². The molecule has 0 saturated heterocycles. The average Bonchev–Trinajstić information content (AvgIpc) is 2.68. The number of amides is 1. The summed E-state index contributed by atoms with van der Waals surface area (Å²) >= 11 is 0. The molecule has 158 valence electrons. The van der Waals surface area contributed by atoms with E-state index in [0.717, 1.165) is 42.6 Å². The van der Waals surface area contributed by atoms with Crippen LogP contribution in [0.3, 0.4) is 0 Å². The van der Waals surface area contributed by atoms with Crippen LogP contribution in [0.15, 0.2) is 53.4 Å². The summed E-state index contributed by atoms with van der Waals surface area (Å²) in [5, 5.41) is 3.11. The van der Waals surface area contributed by atoms with E-state index in [1.807, 2.05) is 6.92 Å². The van der Waals surface area contributed by atoms with E-state index in [0.29, 0.717) is 11.4 Å². The normalized spacial score (nSPS) is 29.6. The van der Waals surface area contributed by atoms with Crippen LogP contribution in [0.4, 0.5) is 11.4 Å². The van der Waals surface area contributed by atoms with Crippen LogP contribution in [0, 0.1) is 30.1 Å².